The molecule has 0 unspecified atom stereocenters. The summed E-state index contributed by atoms with van der Waals surface area (Å²) in [6, 6.07) is 15.0. The first-order valence-corrected chi connectivity index (χ1v) is 8.27. The molecular weight excluding hydrogens is 368 g/mol. The number of nitrogens with zero attached hydrogens (tertiary/aromatic N) is 2. The molecule has 1 amide bonds. The maximum Gasteiger partial charge on any atom is 0.337 e. The van der Waals surface area contributed by atoms with Gasteiger partial charge in [-0.05, 0) is 48.5 Å². The van der Waals surface area contributed by atoms with Crippen LogP contribution in [0.2, 0.25) is 5.02 Å². The van der Waals surface area contributed by atoms with Gasteiger partial charge >= 0.3 is 5.97 Å². The lowest BCUT2D eigenvalue weighted by molar-refractivity contribution is 0.0600. The number of carbonyl (C=O) groups is 2. The summed E-state index contributed by atoms with van der Waals surface area (Å²) in [5, 5.41) is 6.37. The normalized spacial score (nSPS) is 10.1. The fraction of sp³-hybridized carbons (Fsp3) is 0.0526. The maximum absolute atomic E-state index is 12.3. The highest BCUT2D eigenvalue weighted by Crippen LogP contribution is 2.17. The Morgan fingerprint density at radius 3 is 2.30 bits per heavy atom. The summed E-state index contributed by atoms with van der Waals surface area (Å²) >= 11 is 5.83. The fourth-order valence-corrected chi connectivity index (χ4v) is 2.36. The highest BCUT2D eigenvalue weighted by Gasteiger charge is 2.10. The lowest BCUT2D eigenvalue weighted by atomic mass is 10.2. The molecule has 3 aromatic rings. The van der Waals surface area contributed by atoms with Gasteiger partial charge in [-0.1, -0.05) is 11.6 Å². The summed E-state index contributed by atoms with van der Waals surface area (Å²) in [4.78, 5) is 31.9. The number of hydrogen-bond acceptors (Lipinski definition) is 6. The average molecular weight is 383 g/mol. The largest absolute Gasteiger partial charge is 0.465 e. The monoisotopic (exact) mass is 382 g/mol. The SMILES string of the molecule is COC(=O)c1ccc(Nc2cc(C(=O)Nc3ccc(Cl)cc3)ncn2)cc1. The molecule has 3 rings (SSSR count). The van der Waals surface area contributed by atoms with Crippen LogP contribution < -0.4 is 10.6 Å². The van der Waals surface area contributed by atoms with E-state index in [0.29, 0.717) is 27.8 Å². The first-order valence-electron chi connectivity index (χ1n) is 7.89. The number of hydrogen-bond donors (Lipinski definition) is 2. The highest BCUT2D eigenvalue weighted by atomic mass is 35.5. The standard InChI is InChI=1S/C19H15ClN4O3/c1-27-19(26)12-2-6-14(7-3-12)23-17-10-16(21-11-22-17)18(25)24-15-8-4-13(20)5-9-15/h2-11H,1H3,(H,24,25)(H,21,22,23). The molecular formula is C19H15ClN4O3. The highest BCUT2D eigenvalue weighted by molar-refractivity contribution is 6.30. The van der Waals surface area contributed by atoms with Gasteiger partial charge in [0.1, 0.15) is 17.8 Å². The maximum atomic E-state index is 12.3. The number of halogens is 1. The molecule has 0 aliphatic rings. The Kier molecular flexibility index (Phi) is 5.63. The predicted molar refractivity (Wildman–Crippen MR) is 103 cm³/mol. The van der Waals surface area contributed by atoms with E-state index < -0.39 is 5.97 Å². The Labute approximate surface area is 160 Å². The van der Waals surface area contributed by atoms with Gasteiger partial charge in [0.15, 0.2) is 0 Å². The van der Waals surface area contributed by atoms with E-state index in [1.807, 2.05) is 0 Å². The lowest BCUT2D eigenvalue weighted by Crippen LogP contribution is -2.14. The second kappa shape index (κ2) is 8.29. The van der Waals surface area contributed by atoms with Crippen LogP contribution in [0.3, 0.4) is 0 Å². The minimum atomic E-state index is -0.412. The van der Waals surface area contributed by atoms with Crippen LogP contribution >= 0.6 is 11.6 Å². The van der Waals surface area contributed by atoms with E-state index in [9.17, 15) is 9.59 Å². The molecule has 0 bridgehead atoms. The van der Waals surface area contributed by atoms with Crippen molar-refractivity contribution in [3.63, 3.8) is 0 Å². The minimum absolute atomic E-state index is 0.202. The molecule has 0 saturated carbocycles. The van der Waals surface area contributed by atoms with Gasteiger partial charge in [-0.2, -0.15) is 0 Å². The molecule has 27 heavy (non-hydrogen) atoms. The van der Waals surface area contributed by atoms with Crippen LogP contribution in [0.15, 0.2) is 60.9 Å². The molecule has 2 aromatic carbocycles. The van der Waals surface area contributed by atoms with Gasteiger partial charge in [0.2, 0.25) is 0 Å². The van der Waals surface area contributed by atoms with E-state index in [4.69, 9.17) is 11.6 Å². The van der Waals surface area contributed by atoms with E-state index in [2.05, 4.69) is 25.3 Å². The minimum Gasteiger partial charge on any atom is -0.465 e. The van der Waals surface area contributed by atoms with Gasteiger partial charge in [0, 0.05) is 22.5 Å². The summed E-state index contributed by atoms with van der Waals surface area (Å²) in [7, 11) is 1.33. The van der Waals surface area contributed by atoms with Crippen molar-refractivity contribution >= 4 is 40.7 Å². The fourth-order valence-electron chi connectivity index (χ4n) is 2.23. The zero-order valence-electron chi connectivity index (χ0n) is 14.3. The Hall–Kier alpha value is -3.45. The van der Waals surface area contributed by atoms with Gasteiger partial charge in [-0.3, -0.25) is 4.79 Å². The van der Waals surface area contributed by atoms with Crippen LogP contribution in [-0.4, -0.2) is 29.0 Å². The first-order chi connectivity index (χ1) is 13.0. The molecule has 1 aromatic heterocycles. The van der Waals surface area contributed by atoms with Gasteiger partial charge in [0.05, 0.1) is 12.7 Å². The van der Waals surface area contributed by atoms with Crippen LogP contribution in [0.25, 0.3) is 0 Å². The lowest BCUT2D eigenvalue weighted by Gasteiger charge is -2.08. The number of benzene rings is 2. The number of esters is 1. The van der Waals surface area contributed by atoms with Gasteiger partial charge in [0.25, 0.3) is 5.91 Å². The molecule has 7 nitrogen and oxygen atoms in total. The van der Waals surface area contributed by atoms with Gasteiger partial charge < -0.3 is 15.4 Å². The number of aromatic nitrogens is 2. The van der Waals surface area contributed by atoms with E-state index in [1.165, 1.54) is 19.5 Å². The molecule has 1 heterocycles. The number of ether oxygens (including phenoxy) is 1. The Balaban J connectivity index is 1.70. The Bertz CT molecular complexity index is 959. The molecule has 8 heteroatoms. The third kappa shape index (κ3) is 4.80. The summed E-state index contributed by atoms with van der Waals surface area (Å²) in [6.07, 6.45) is 1.29. The van der Waals surface area contributed by atoms with E-state index in [0.717, 1.165) is 0 Å². The predicted octanol–water partition coefficient (Wildman–Crippen LogP) is 3.91. The number of anilines is 3. The van der Waals surface area contributed by atoms with Crippen LogP contribution in [-0.2, 0) is 4.74 Å². The second-order valence-corrected chi connectivity index (χ2v) is 5.88. The molecule has 2 N–H and O–H groups in total. The van der Waals surface area contributed by atoms with Gasteiger partial charge in [-0.15, -0.1) is 0 Å². The third-order valence-corrected chi connectivity index (χ3v) is 3.83. The van der Waals surface area contributed by atoms with Crippen LogP contribution in [0.5, 0.6) is 0 Å². The van der Waals surface area contributed by atoms with E-state index in [-0.39, 0.29) is 11.6 Å². The molecule has 0 aliphatic carbocycles. The Morgan fingerprint density at radius 1 is 0.963 bits per heavy atom. The molecule has 0 atom stereocenters. The van der Waals surface area contributed by atoms with Crippen molar-refractivity contribution in [1.82, 2.24) is 9.97 Å². The van der Waals surface area contributed by atoms with E-state index >= 15 is 0 Å². The average Bonchev–Trinajstić information content (AvgIpc) is 2.70. The molecule has 0 radical (unpaired) electrons. The summed E-state index contributed by atoms with van der Waals surface area (Å²) in [5.74, 6) is -0.342. The van der Waals surface area contributed by atoms with Crippen molar-refractivity contribution in [2.24, 2.45) is 0 Å². The van der Waals surface area contributed by atoms with Crippen LogP contribution in [0, 0.1) is 0 Å². The number of amides is 1. The summed E-state index contributed by atoms with van der Waals surface area (Å²) < 4.78 is 4.66. The molecule has 0 aliphatic heterocycles. The molecule has 0 spiro atoms. The summed E-state index contributed by atoms with van der Waals surface area (Å²) in [6.45, 7) is 0. The second-order valence-electron chi connectivity index (χ2n) is 5.44. The Morgan fingerprint density at radius 2 is 1.63 bits per heavy atom. The van der Waals surface area contributed by atoms with Crippen LogP contribution in [0.1, 0.15) is 20.8 Å². The molecule has 0 fully saturated rings. The topological polar surface area (TPSA) is 93.2 Å². The van der Waals surface area contributed by atoms with Crippen molar-refractivity contribution < 1.29 is 14.3 Å². The number of carbonyl (C=O) groups excluding carboxylic acids is 2. The molecule has 136 valence electrons. The third-order valence-electron chi connectivity index (χ3n) is 3.58. The van der Waals surface area contributed by atoms with Crippen molar-refractivity contribution in [3.05, 3.63) is 77.2 Å². The van der Waals surface area contributed by atoms with Crippen LogP contribution in [0.4, 0.5) is 17.2 Å². The van der Waals surface area contributed by atoms with Crippen molar-refractivity contribution in [1.29, 1.82) is 0 Å². The van der Waals surface area contributed by atoms with Crippen molar-refractivity contribution in [2.45, 2.75) is 0 Å². The number of nitrogens with one attached hydrogen (secondary N) is 2. The molecule has 0 saturated heterocycles. The van der Waals surface area contributed by atoms with Gasteiger partial charge in [-0.25, -0.2) is 14.8 Å². The van der Waals surface area contributed by atoms with E-state index in [1.54, 1.807) is 48.5 Å². The number of rotatable bonds is 5. The first kappa shape index (κ1) is 18.3. The zero-order valence-corrected chi connectivity index (χ0v) is 15.0. The smallest absolute Gasteiger partial charge is 0.337 e. The zero-order chi connectivity index (χ0) is 19.2. The number of methoxy groups -OCH3 is 1. The van der Waals surface area contributed by atoms with Crippen molar-refractivity contribution in [3.8, 4) is 0 Å². The summed E-state index contributed by atoms with van der Waals surface area (Å²) in [5.41, 5.74) is 1.95. The quantitative estimate of drug-likeness (QED) is 0.650. The van der Waals surface area contributed by atoms with Crippen molar-refractivity contribution in [2.75, 3.05) is 17.7 Å².